The minimum atomic E-state index is 0.388. The molecule has 0 aromatic carbocycles. The molecule has 1 fully saturated rings. The molecule has 1 heterocycles. The third-order valence-electron chi connectivity index (χ3n) is 2.47. The summed E-state index contributed by atoms with van der Waals surface area (Å²) in [5, 5.41) is 11.4. The van der Waals surface area contributed by atoms with Crippen LogP contribution in [0.25, 0.3) is 0 Å². The highest BCUT2D eigenvalue weighted by molar-refractivity contribution is 8.00. The summed E-state index contributed by atoms with van der Waals surface area (Å²) in [5.41, 5.74) is 5.51. The van der Waals surface area contributed by atoms with Gasteiger partial charge in [-0.15, -0.1) is 5.10 Å². The molecule has 13 heavy (non-hydrogen) atoms. The van der Waals surface area contributed by atoms with Gasteiger partial charge in [-0.25, -0.2) is 4.68 Å². The van der Waals surface area contributed by atoms with E-state index in [1.165, 1.54) is 12.8 Å². The Balaban J connectivity index is 2.09. The van der Waals surface area contributed by atoms with Gasteiger partial charge in [-0.2, -0.15) is 11.8 Å². The molecular weight excluding hydrogens is 186 g/mol. The summed E-state index contributed by atoms with van der Waals surface area (Å²) in [4.78, 5) is 0. The molecule has 2 rings (SSSR count). The highest BCUT2D eigenvalue weighted by atomic mass is 32.2. The Bertz CT molecular complexity index is 293. The molecule has 6 heteroatoms. The van der Waals surface area contributed by atoms with Crippen LogP contribution in [0.15, 0.2) is 0 Å². The van der Waals surface area contributed by atoms with Crippen molar-refractivity contribution in [2.24, 2.45) is 5.73 Å². The number of thioether (sulfide) groups is 1. The molecule has 5 nitrogen and oxygen atoms in total. The molecule has 1 aliphatic rings. The molecule has 72 valence electrons. The van der Waals surface area contributed by atoms with Gasteiger partial charge in [0.15, 0.2) is 5.82 Å². The quantitative estimate of drug-likeness (QED) is 0.740. The summed E-state index contributed by atoms with van der Waals surface area (Å²) in [6.07, 6.45) is 4.66. The predicted molar refractivity (Wildman–Crippen MR) is 51.2 cm³/mol. The van der Waals surface area contributed by atoms with Gasteiger partial charge < -0.3 is 5.73 Å². The Morgan fingerprint density at radius 2 is 2.38 bits per heavy atom. The Hall–Kier alpha value is -0.620. The van der Waals surface area contributed by atoms with Crippen LogP contribution in [0.1, 0.15) is 18.7 Å². The summed E-state index contributed by atoms with van der Waals surface area (Å²) in [7, 11) is 0. The lowest BCUT2D eigenvalue weighted by atomic mass is 10.4. The summed E-state index contributed by atoms with van der Waals surface area (Å²) >= 11 is 1.90. The lowest BCUT2D eigenvalue weighted by molar-refractivity contribution is 0.545. The first-order valence-electron chi connectivity index (χ1n) is 4.30. The van der Waals surface area contributed by atoms with E-state index in [9.17, 15) is 0 Å². The summed E-state index contributed by atoms with van der Waals surface area (Å²) in [5.74, 6) is 0.778. The number of nitrogens with two attached hydrogens (primary N) is 1. The third-order valence-corrected chi connectivity index (χ3v) is 3.87. The van der Waals surface area contributed by atoms with E-state index in [0.29, 0.717) is 11.3 Å². The molecule has 0 saturated heterocycles. The normalized spacial score (nSPS) is 18.9. The number of rotatable bonds is 4. The monoisotopic (exact) mass is 199 g/mol. The maximum atomic E-state index is 5.51. The third kappa shape index (κ3) is 1.68. The summed E-state index contributed by atoms with van der Waals surface area (Å²) < 4.78 is 2.21. The van der Waals surface area contributed by atoms with Gasteiger partial charge in [-0.1, -0.05) is 0 Å². The maximum Gasteiger partial charge on any atom is 0.164 e. The first-order valence-corrected chi connectivity index (χ1v) is 5.52. The van der Waals surface area contributed by atoms with Crippen LogP contribution in [-0.4, -0.2) is 31.2 Å². The van der Waals surface area contributed by atoms with E-state index in [-0.39, 0.29) is 0 Å². The van der Waals surface area contributed by atoms with Crippen LogP contribution >= 0.6 is 11.8 Å². The topological polar surface area (TPSA) is 69.6 Å². The van der Waals surface area contributed by atoms with Gasteiger partial charge in [-0.3, -0.25) is 0 Å². The lowest BCUT2D eigenvalue weighted by Gasteiger charge is -2.11. The van der Waals surface area contributed by atoms with Gasteiger partial charge in [0.1, 0.15) is 0 Å². The van der Waals surface area contributed by atoms with Gasteiger partial charge >= 0.3 is 0 Å². The van der Waals surface area contributed by atoms with Crippen LogP contribution in [0, 0.1) is 0 Å². The summed E-state index contributed by atoms with van der Waals surface area (Å²) in [6, 6.07) is 0. The second-order valence-corrected chi connectivity index (χ2v) is 4.62. The average Bonchev–Trinajstić information content (AvgIpc) is 2.78. The second kappa shape index (κ2) is 3.26. The van der Waals surface area contributed by atoms with Crippen molar-refractivity contribution >= 4 is 11.8 Å². The molecule has 1 aromatic rings. The summed E-state index contributed by atoms with van der Waals surface area (Å²) in [6.45, 7) is 1.31. The largest absolute Gasteiger partial charge is 0.324 e. The molecule has 0 atom stereocenters. The van der Waals surface area contributed by atoms with E-state index in [1.54, 1.807) is 0 Å². The van der Waals surface area contributed by atoms with Gasteiger partial charge in [0.05, 0.1) is 13.1 Å². The van der Waals surface area contributed by atoms with Gasteiger partial charge in [0.2, 0.25) is 0 Å². The Labute approximate surface area is 81.1 Å². The minimum Gasteiger partial charge on any atom is -0.324 e. The zero-order chi connectivity index (χ0) is 9.31. The van der Waals surface area contributed by atoms with Crippen molar-refractivity contribution in [2.75, 3.05) is 6.26 Å². The number of hydrogen-bond acceptors (Lipinski definition) is 5. The highest BCUT2D eigenvalue weighted by Crippen LogP contribution is 2.48. The standard InChI is InChI=1S/C7H13N5S/c1-13-7(2-3-7)5-12-6(4-8)9-10-11-12/h2-5,8H2,1H3. The predicted octanol–water partition coefficient (Wildman–Crippen LogP) is 0.0274. The van der Waals surface area contributed by atoms with E-state index in [4.69, 9.17) is 5.73 Å². The first-order chi connectivity index (χ1) is 6.29. The molecule has 0 radical (unpaired) electrons. The van der Waals surface area contributed by atoms with E-state index >= 15 is 0 Å². The van der Waals surface area contributed by atoms with Crippen molar-refractivity contribution in [1.82, 2.24) is 20.2 Å². The van der Waals surface area contributed by atoms with E-state index in [0.717, 1.165) is 12.4 Å². The second-order valence-electron chi connectivity index (χ2n) is 3.34. The Morgan fingerprint density at radius 3 is 2.92 bits per heavy atom. The van der Waals surface area contributed by atoms with Crippen LogP contribution in [0.3, 0.4) is 0 Å². The van der Waals surface area contributed by atoms with Gasteiger partial charge in [0.25, 0.3) is 0 Å². The SMILES string of the molecule is CSC1(Cn2nnnc2CN)CC1. The molecule has 0 aliphatic heterocycles. The van der Waals surface area contributed by atoms with Crippen LogP contribution in [0.5, 0.6) is 0 Å². The van der Waals surface area contributed by atoms with Gasteiger partial charge in [-0.05, 0) is 29.5 Å². The van der Waals surface area contributed by atoms with Crippen molar-refractivity contribution in [3.63, 3.8) is 0 Å². The molecular formula is C7H13N5S. The number of aromatic nitrogens is 4. The van der Waals surface area contributed by atoms with Crippen molar-refractivity contribution < 1.29 is 0 Å². The van der Waals surface area contributed by atoms with E-state index in [1.807, 2.05) is 16.4 Å². The molecule has 0 unspecified atom stereocenters. The molecule has 2 N–H and O–H groups in total. The van der Waals surface area contributed by atoms with Crippen LogP contribution in [0.2, 0.25) is 0 Å². The fourth-order valence-corrected chi connectivity index (χ4v) is 2.09. The number of tetrazole rings is 1. The highest BCUT2D eigenvalue weighted by Gasteiger charge is 2.42. The molecule has 1 aromatic heterocycles. The van der Waals surface area contributed by atoms with E-state index < -0.39 is 0 Å². The van der Waals surface area contributed by atoms with Crippen LogP contribution < -0.4 is 5.73 Å². The molecule has 1 aliphatic carbocycles. The van der Waals surface area contributed by atoms with E-state index in [2.05, 4.69) is 21.8 Å². The minimum absolute atomic E-state index is 0.388. The van der Waals surface area contributed by atoms with Crippen LogP contribution in [0.4, 0.5) is 0 Å². The fraction of sp³-hybridized carbons (Fsp3) is 0.857. The van der Waals surface area contributed by atoms with Crippen molar-refractivity contribution in [3.05, 3.63) is 5.82 Å². The zero-order valence-corrected chi connectivity index (χ0v) is 8.42. The average molecular weight is 199 g/mol. The smallest absolute Gasteiger partial charge is 0.164 e. The first kappa shape index (κ1) is 8.96. The fourth-order valence-electron chi connectivity index (χ4n) is 1.33. The molecule has 0 amide bonds. The maximum absolute atomic E-state index is 5.51. The van der Waals surface area contributed by atoms with Crippen molar-refractivity contribution in [1.29, 1.82) is 0 Å². The zero-order valence-electron chi connectivity index (χ0n) is 7.60. The van der Waals surface area contributed by atoms with Gasteiger partial charge in [0, 0.05) is 4.75 Å². The number of hydrogen-bond donors (Lipinski definition) is 1. The lowest BCUT2D eigenvalue weighted by Crippen LogP contribution is -2.18. The number of nitrogens with zero attached hydrogens (tertiary/aromatic N) is 4. The van der Waals surface area contributed by atoms with Crippen molar-refractivity contribution in [3.8, 4) is 0 Å². The molecule has 1 saturated carbocycles. The molecule has 0 bridgehead atoms. The molecule has 0 spiro atoms. The Morgan fingerprint density at radius 1 is 1.62 bits per heavy atom. The van der Waals surface area contributed by atoms with Crippen molar-refractivity contribution in [2.45, 2.75) is 30.7 Å². The van der Waals surface area contributed by atoms with Crippen LogP contribution in [-0.2, 0) is 13.1 Å². The Kier molecular flexibility index (Phi) is 2.25.